The molecule has 0 saturated heterocycles. The van der Waals surface area contributed by atoms with Crippen molar-refractivity contribution in [1.82, 2.24) is 4.98 Å². The molecule has 0 radical (unpaired) electrons. The highest BCUT2D eigenvalue weighted by Gasteiger charge is 2.14. The normalized spacial score (nSPS) is 10.2. The Hall–Kier alpha value is -2.01. The Morgan fingerprint density at radius 2 is 1.82 bits per heavy atom. The van der Waals surface area contributed by atoms with Crippen LogP contribution >= 0.6 is 11.8 Å². The van der Waals surface area contributed by atoms with E-state index in [0.717, 1.165) is 0 Å². The van der Waals surface area contributed by atoms with Crippen LogP contribution in [0.3, 0.4) is 0 Å². The number of pyridine rings is 1. The predicted molar refractivity (Wildman–Crippen MR) is 62.4 cm³/mol. The van der Waals surface area contributed by atoms with E-state index in [1.54, 1.807) is 0 Å². The lowest BCUT2D eigenvalue weighted by Crippen LogP contribution is -1.89. The van der Waals surface area contributed by atoms with Crippen LogP contribution in [0, 0.1) is 5.82 Å². The lowest BCUT2D eigenvalue weighted by Gasteiger charge is -2.09. The van der Waals surface area contributed by atoms with E-state index >= 15 is 0 Å². The molecule has 0 atom stereocenters. The van der Waals surface area contributed by atoms with Gasteiger partial charge in [-0.05, 0) is 17.7 Å². The van der Waals surface area contributed by atoms with Gasteiger partial charge in [0.05, 0.1) is 0 Å². The minimum Gasteiger partial charge on any atom is -0.505 e. The number of hydrogen-bond acceptors (Lipinski definition) is 4. The highest BCUT2D eigenvalue weighted by Crippen LogP contribution is 2.39. The molecular weight excluding hydrogens is 247 g/mol. The number of hydrogen-bond donors (Lipinski definition) is 3. The number of nitrogens with one attached hydrogen (secondary N) is 1. The van der Waals surface area contributed by atoms with Gasteiger partial charge in [0.2, 0.25) is 5.88 Å². The van der Waals surface area contributed by atoms with Crippen LogP contribution in [0.15, 0.2) is 30.5 Å². The fourth-order valence-corrected chi connectivity index (χ4v) is 1.59. The summed E-state index contributed by atoms with van der Waals surface area (Å²) in [7, 11) is 0. The molecule has 3 N–H and O–H groups in total. The number of aromatic hydroxyl groups is 2. The van der Waals surface area contributed by atoms with Crippen molar-refractivity contribution in [2.75, 3.05) is 4.84 Å². The Labute approximate surface area is 101 Å². The molecule has 0 aliphatic rings. The summed E-state index contributed by atoms with van der Waals surface area (Å²) in [5.74, 6) is -1.04. The molecule has 2 aromatic rings. The standard InChI is InChI=1S/C11H8ClFN2O2/c12-15-9-10(16)8(5-14-11(9)17)6-1-3-7(13)4-2-6/h1-5,15H,(H2,14,16,17). The van der Waals surface area contributed by atoms with Crippen LogP contribution in [-0.2, 0) is 0 Å². The number of benzene rings is 1. The maximum Gasteiger partial charge on any atom is 0.240 e. The minimum atomic E-state index is -0.414. The molecule has 0 spiro atoms. The molecule has 2 rings (SSSR count). The van der Waals surface area contributed by atoms with Gasteiger partial charge in [-0.2, -0.15) is 0 Å². The van der Waals surface area contributed by atoms with E-state index in [0.29, 0.717) is 11.1 Å². The molecule has 0 saturated carbocycles. The SMILES string of the molecule is Oc1ncc(-c2ccc(F)cc2)c(O)c1NCl. The fraction of sp³-hybridized carbons (Fsp3) is 0. The molecule has 0 aliphatic heterocycles. The van der Waals surface area contributed by atoms with E-state index in [2.05, 4.69) is 9.82 Å². The van der Waals surface area contributed by atoms with E-state index in [1.165, 1.54) is 30.5 Å². The Balaban J connectivity index is 2.56. The van der Waals surface area contributed by atoms with Gasteiger partial charge >= 0.3 is 0 Å². The lowest BCUT2D eigenvalue weighted by molar-refractivity contribution is 0.441. The second-order valence-corrected chi connectivity index (χ2v) is 3.51. The Bertz CT molecular complexity index is 546. The fourth-order valence-electron chi connectivity index (χ4n) is 1.42. The number of rotatable bonds is 2. The minimum absolute atomic E-state index is 0.0894. The van der Waals surface area contributed by atoms with Crippen molar-refractivity contribution >= 4 is 17.5 Å². The predicted octanol–water partition coefficient (Wildman–Crippen LogP) is 2.86. The van der Waals surface area contributed by atoms with Gasteiger partial charge in [-0.1, -0.05) is 12.1 Å². The summed E-state index contributed by atoms with van der Waals surface area (Å²) in [6.45, 7) is 0. The molecule has 88 valence electrons. The molecule has 0 amide bonds. The highest BCUT2D eigenvalue weighted by atomic mass is 35.5. The van der Waals surface area contributed by atoms with Crippen molar-refractivity contribution in [1.29, 1.82) is 0 Å². The number of aromatic nitrogens is 1. The topological polar surface area (TPSA) is 65.4 Å². The molecule has 17 heavy (non-hydrogen) atoms. The molecule has 0 fully saturated rings. The molecule has 4 nitrogen and oxygen atoms in total. The van der Waals surface area contributed by atoms with Gasteiger partial charge in [0.15, 0.2) is 11.4 Å². The van der Waals surface area contributed by atoms with Crippen molar-refractivity contribution in [3.8, 4) is 22.8 Å². The second-order valence-electron chi connectivity index (χ2n) is 3.32. The third-order valence-electron chi connectivity index (χ3n) is 2.28. The molecule has 0 bridgehead atoms. The van der Waals surface area contributed by atoms with E-state index in [4.69, 9.17) is 11.8 Å². The quantitative estimate of drug-likeness (QED) is 0.721. The summed E-state index contributed by atoms with van der Waals surface area (Å²) >= 11 is 5.35. The van der Waals surface area contributed by atoms with Crippen molar-refractivity contribution in [2.24, 2.45) is 0 Å². The maximum absolute atomic E-state index is 12.8. The van der Waals surface area contributed by atoms with Crippen LogP contribution in [0.2, 0.25) is 0 Å². The van der Waals surface area contributed by atoms with Crippen LogP contribution in [0.5, 0.6) is 11.6 Å². The van der Waals surface area contributed by atoms with Gasteiger partial charge in [0.25, 0.3) is 0 Å². The van der Waals surface area contributed by atoms with Crippen LogP contribution in [-0.4, -0.2) is 15.2 Å². The first-order valence-electron chi connectivity index (χ1n) is 4.67. The first-order chi connectivity index (χ1) is 8.13. The van der Waals surface area contributed by atoms with Crippen LogP contribution < -0.4 is 4.84 Å². The second kappa shape index (κ2) is 4.47. The number of anilines is 1. The first kappa shape index (κ1) is 11.5. The van der Waals surface area contributed by atoms with Crippen LogP contribution in [0.25, 0.3) is 11.1 Å². The van der Waals surface area contributed by atoms with Crippen LogP contribution in [0.4, 0.5) is 10.1 Å². The van der Waals surface area contributed by atoms with Gasteiger partial charge < -0.3 is 10.2 Å². The third-order valence-corrected chi connectivity index (χ3v) is 2.47. The summed E-state index contributed by atoms with van der Waals surface area (Å²) in [5.41, 5.74) is 0.809. The van der Waals surface area contributed by atoms with E-state index in [1.807, 2.05) is 0 Å². The molecule has 1 heterocycles. The van der Waals surface area contributed by atoms with Crippen molar-refractivity contribution in [3.05, 3.63) is 36.3 Å². The molecule has 1 aromatic heterocycles. The Morgan fingerprint density at radius 1 is 1.18 bits per heavy atom. The van der Waals surface area contributed by atoms with Crippen molar-refractivity contribution in [2.45, 2.75) is 0 Å². The summed E-state index contributed by atoms with van der Waals surface area (Å²) < 4.78 is 12.8. The average Bonchev–Trinajstić information content (AvgIpc) is 2.31. The van der Waals surface area contributed by atoms with Crippen molar-refractivity contribution in [3.63, 3.8) is 0 Å². The maximum atomic E-state index is 12.8. The molecule has 6 heteroatoms. The molecule has 1 aromatic carbocycles. The summed E-state index contributed by atoms with van der Waals surface area (Å²) in [5, 5.41) is 19.2. The lowest BCUT2D eigenvalue weighted by atomic mass is 10.1. The van der Waals surface area contributed by atoms with Gasteiger partial charge in [0.1, 0.15) is 5.82 Å². The summed E-state index contributed by atoms with van der Waals surface area (Å²) in [4.78, 5) is 5.79. The zero-order valence-electron chi connectivity index (χ0n) is 8.48. The largest absolute Gasteiger partial charge is 0.505 e. The smallest absolute Gasteiger partial charge is 0.240 e. The van der Waals surface area contributed by atoms with Gasteiger partial charge in [-0.25, -0.2) is 9.37 Å². The average molecular weight is 255 g/mol. The molecule has 0 unspecified atom stereocenters. The van der Waals surface area contributed by atoms with Gasteiger partial charge in [0, 0.05) is 23.5 Å². The summed E-state index contributed by atoms with van der Waals surface area (Å²) in [6, 6.07) is 5.49. The summed E-state index contributed by atoms with van der Waals surface area (Å²) in [6.07, 6.45) is 1.27. The van der Waals surface area contributed by atoms with E-state index < -0.39 is 5.88 Å². The van der Waals surface area contributed by atoms with Crippen molar-refractivity contribution < 1.29 is 14.6 Å². The van der Waals surface area contributed by atoms with Crippen LogP contribution in [0.1, 0.15) is 0 Å². The number of halogens is 2. The Morgan fingerprint density at radius 3 is 2.41 bits per heavy atom. The van der Waals surface area contributed by atoms with E-state index in [9.17, 15) is 14.6 Å². The van der Waals surface area contributed by atoms with Gasteiger partial charge in [-0.15, -0.1) is 0 Å². The zero-order chi connectivity index (χ0) is 12.4. The van der Waals surface area contributed by atoms with Gasteiger partial charge in [-0.3, -0.25) is 4.84 Å². The highest BCUT2D eigenvalue weighted by molar-refractivity contribution is 6.25. The zero-order valence-corrected chi connectivity index (χ0v) is 9.24. The first-order valence-corrected chi connectivity index (χ1v) is 5.04. The monoisotopic (exact) mass is 254 g/mol. The number of nitrogens with zero attached hydrogens (tertiary/aromatic N) is 1. The Kier molecular flexibility index (Phi) is 3.01. The molecular formula is C11H8ClFN2O2. The molecule has 0 aliphatic carbocycles. The third kappa shape index (κ3) is 2.09. The van der Waals surface area contributed by atoms with E-state index in [-0.39, 0.29) is 17.3 Å².